The van der Waals surface area contributed by atoms with Gasteiger partial charge in [0.25, 0.3) is 11.8 Å². The van der Waals surface area contributed by atoms with Crippen LogP contribution in [0.4, 0.5) is 5.69 Å². The number of carbonyl (C=O) groups excluding carboxylic acids is 2. The minimum absolute atomic E-state index is 0.227. The van der Waals surface area contributed by atoms with Crippen molar-refractivity contribution in [3.8, 4) is 0 Å². The molecule has 0 aliphatic heterocycles. The Morgan fingerprint density at radius 2 is 1.71 bits per heavy atom. The fraction of sp³-hybridized carbons (Fsp3) is 0.316. The van der Waals surface area contributed by atoms with Gasteiger partial charge in [0.1, 0.15) is 5.69 Å². The standard InChI is InChI=1S/C19H21N3O2/c1-11-8-12(2)17(13(3)9-11)22-18(23)14-6-7-20-16(10-14)19(24)21-15-4-5-15/h6-10,15H,4-5H2,1-3H3,(H,21,24)(H,22,23). The van der Waals surface area contributed by atoms with E-state index in [1.54, 1.807) is 6.07 Å². The number of hydrogen-bond acceptors (Lipinski definition) is 3. The fourth-order valence-electron chi connectivity index (χ4n) is 2.75. The Labute approximate surface area is 141 Å². The predicted octanol–water partition coefficient (Wildman–Crippen LogP) is 3.15. The highest BCUT2D eigenvalue weighted by Gasteiger charge is 2.24. The van der Waals surface area contributed by atoms with Crippen molar-refractivity contribution in [2.24, 2.45) is 0 Å². The van der Waals surface area contributed by atoms with Crippen LogP contribution < -0.4 is 10.6 Å². The molecule has 0 radical (unpaired) electrons. The molecule has 2 amide bonds. The molecule has 5 nitrogen and oxygen atoms in total. The van der Waals surface area contributed by atoms with Crippen molar-refractivity contribution in [3.05, 3.63) is 58.4 Å². The van der Waals surface area contributed by atoms with Gasteiger partial charge >= 0.3 is 0 Å². The largest absolute Gasteiger partial charge is 0.348 e. The lowest BCUT2D eigenvalue weighted by Gasteiger charge is -2.13. The van der Waals surface area contributed by atoms with Gasteiger partial charge in [-0.3, -0.25) is 14.6 Å². The zero-order valence-corrected chi connectivity index (χ0v) is 14.1. The molecule has 0 bridgehead atoms. The van der Waals surface area contributed by atoms with E-state index in [2.05, 4.69) is 15.6 Å². The van der Waals surface area contributed by atoms with Crippen LogP contribution in [-0.4, -0.2) is 22.8 Å². The van der Waals surface area contributed by atoms with Gasteiger partial charge in [0.15, 0.2) is 0 Å². The molecule has 5 heteroatoms. The third kappa shape index (κ3) is 3.62. The summed E-state index contributed by atoms with van der Waals surface area (Å²) >= 11 is 0. The van der Waals surface area contributed by atoms with E-state index in [4.69, 9.17) is 0 Å². The first-order valence-corrected chi connectivity index (χ1v) is 8.10. The van der Waals surface area contributed by atoms with Crippen molar-refractivity contribution in [1.82, 2.24) is 10.3 Å². The van der Waals surface area contributed by atoms with Crippen LogP contribution in [-0.2, 0) is 0 Å². The number of nitrogens with one attached hydrogen (secondary N) is 2. The molecule has 1 aromatic carbocycles. The molecular weight excluding hydrogens is 302 g/mol. The maximum Gasteiger partial charge on any atom is 0.270 e. The number of nitrogens with zero attached hydrogens (tertiary/aromatic N) is 1. The summed E-state index contributed by atoms with van der Waals surface area (Å²) in [5.74, 6) is -0.470. The number of aromatic nitrogens is 1. The molecule has 24 heavy (non-hydrogen) atoms. The van der Waals surface area contributed by atoms with E-state index >= 15 is 0 Å². The number of amides is 2. The number of pyridine rings is 1. The Hall–Kier alpha value is -2.69. The minimum atomic E-state index is -0.243. The quantitative estimate of drug-likeness (QED) is 0.908. The molecule has 1 heterocycles. The second kappa shape index (κ2) is 6.43. The van der Waals surface area contributed by atoms with E-state index in [0.717, 1.165) is 35.2 Å². The summed E-state index contributed by atoms with van der Waals surface area (Å²) in [6.45, 7) is 5.96. The Balaban J connectivity index is 1.79. The lowest BCUT2D eigenvalue weighted by Crippen LogP contribution is -2.26. The van der Waals surface area contributed by atoms with Gasteiger partial charge < -0.3 is 10.6 Å². The topological polar surface area (TPSA) is 71.1 Å². The number of rotatable bonds is 4. The Morgan fingerprint density at radius 3 is 2.33 bits per heavy atom. The highest BCUT2D eigenvalue weighted by Crippen LogP contribution is 2.23. The molecule has 124 valence electrons. The Morgan fingerprint density at radius 1 is 1.04 bits per heavy atom. The SMILES string of the molecule is Cc1cc(C)c(NC(=O)c2ccnc(C(=O)NC3CC3)c2)c(C)c1. The zero-order valence-electron chi connectivity index (χ0n) is 14.1. The fourth-order valence-corrected chi connectivity index (χ4v) is 2.75. The summed E-state index contributed by atoms with van der Waals surface area (Å²) < 4.78 is 0. The smallest absolute Gasteiger partial charge is 0.270 e. The monoisotopic (exact) mass is 323 g/mol. The van der Waals surface area contributed by atoms with Crippen LogP contribution in [0.5, 0.6) is 0 Å². The van der Waals surface area contributed by atoms with Crippen LogP contribution in [0.1, 0.15) is 50.4 Å². The maximum atomic E-state index is 12.5. The molecule has 0 unspecified atom stereocenters. The molecule has 1 fully saturated rings. The maximum absolute atomic E-state index is 12.5. The highest BCUT2D eigenvalue weighted by molar-refractivity contribution is 6.06. The summed E-state index contributed by atoms with van der Waals surface area (Å²) in [4.78, 5) is 28.7. The van der Waals surface area contributed by atoms with Crippen molar-refractivity contribution in [2.75, 3.05) is 5.32 Å². The van der Waals surface area contributed by atoms with Crippen LogP contribution >= 0.6 is 0 Å². The van der Waals surface area contributed by atoms with Gasteiger partial charge in [0.05, 0.1) is 0 Å². The number of anilines is 1. The number of carbonyl (C=O) groups is 2. The molecule has 0 spiro atoms. The van der Waals surface area contributed by atoms with Crippen molar-refractivity contribution >= 4 is 17.5 Å². The molecule has 1 aromatic heterocycles. The van der Waals surface area contributed by atoms with Gasteiger partial charge in [-0.05, 0) is 56.9 Å². The number of hydrogen-bond donors (Lipinski definition) is 2. The van der Waals surface area contributed by atoms with Crippen molar-refractivity contribution in [1.29, 1.82) is 0 Å². The minimum Gasteiger partial charge on any atom is -0.348 e. The molecule has 1 saturated carbocycles. The summed E-state index contributed by atoms with van der Waals surface area (Å²) in [6, 6.07) is 7.47. The van der Waals surface area contributed by atoms with E-state index in [9.17, 15) is 9.59 Å². The third-order valence-electron chi connectivity index (χ3n) is 4.08. The van der Waals surface area contributed by atoms with Crippen LogP contribution in [0.25, 0.3) is 0 Å². The molecule has 0 atom stereocenters. The molecule has 1 aliphatic rings. The van der Waals surface area contributed by atoms with Gasteiger partial charge in [-0.1, -0.05) is 17.7 Å². The molecular formula is C19H21N3O2. The molecule has 3 rings (SSSR count). The van der Waals surface area contributed by atoms with E-state index in [1.807, 2.05) is 32.9 Å². The normalized spacial score (nSPS) is 13.5. The van der Waals surface area contributed by atoms with Crippen LogP contribution in [0.15, 0.2) is 30.5 Å². The van der Waals surface area contributed by atoms with Crippen molar-refractivity contribution < 1.29 is 9.59 Å². The summed E-state index contributed by atoms with van der Waals surface area (Å²) in [6.07, 6.45) is 3.52. The van der Waals surface area contributed by atoms with Gasteiger partial charge in [0, 0.05) is 23.5 Å². The van der Waals surface area contributed by atoms with Crippen LogP contribution in [0.3, 0.4) is 0 Å². The third-order valence-corrected chi connectivity index (χ3v) is 4.08. The lowest BCUT2D eigenvalue weighted by atomic mass is 10.0. The summed E-state index contributed by atoms with van der Waals surface area (Å²) in [5.41, 5.74) is 4.69. The Bertz CT molecular complexity index is 787. The van der Waals surface area contributed by atoms with E-state index in [1.165, 1.54) is 12.3 Å². The average Bonchev–Trinajstić information content (AvgIpc) is 3.34. The first kappa shape index (κ1) is 16.2. The molecule has 2 aromatic rings. The van der Waals surface area contributed by atoms with E-state index < -0.39 is 0 Å². The van der Waals surface area contributed by atoms with E-state index in [-0.39, 0.29) is 23.6 Å². The first-order valence-electron chi connectivity index (χ1n) is 8.10. The van der Waals surface area contributed by atoms with E-state index in [0.29, 0.717) is 5.56 Å². The first-order chi connectivity index (χ1) is 11.4. The van der Waals surface area contributed by atoms with Crippen LogP contribution in [0.2, 0.25) is 0 Å². The second-order valence-corrected chi connectivity index (χ2v) is 6.41. The van der Waals surface area contributed by atoms with Gasteiger partial charge in [-0.2, -0.15) is 0 Å². The molecule has 2 N–H and O–H groups in total. The Kier molecular flexibility index (Phi) is 4.34. The molecule has 0 saturated heterocycles. The average molecular weight is 323 g/mol. The summed E-state index contributed by atoms with van der Waals surface area (Å²) in [7, 11) is 0. The zero-order chi connectivity index (χ0) is 17.3. The molecule has 1 aliphatic carbocycles. The highest BCUT2D eigenvalue weighted by atomic mass is 16.2. The number of aryl methyl sites for hydroxylation is 3. The van der Waals surface area contributed by atoms with Crippen LogP contribution in [0, 0.1) is 20.8 Å². The van der Waals surface area contributed by atoms with Gasteiger partial charge in [0.2, 0.25) is 0 Å². The second-order valence-electron chi connectivity index (χ2n) is 6.41. The van der Waals surface area contributed by atoms with Gasteiger partial charge in [-0.25, -0.2) is 0 Å². The summed E-state index contributed by atoms with van der Waals surface area (Å²) in [5, 5.41) is 5.82. The van der Waals surface area contributed by atoms with Crippen molar-refractivity contribution in [3.63, 3.8) is 0 Å². The lowest BCUT2D eigenvalue weighted by molar-refractivity contribution is 0.0946. The van der Waals surface area contributed by atoms with Gasteiger partial charge in [-0.15, -0.1) is 0 Å². The van der Waals surface area contributed by atoms with Crippen molar-refractivity contribution in [2.45, 2.75) is 39.7 Å². The predicted molar refractivity (Wildman–Crippen MR) is 93.3 cm³/mol. The number of benzene rings is 1.